The smallest absolute Gasteiger partial charge is 0.0540 e. The van der Waals surface area contributed by atoms with E-state index in [1.54, 1.807) is 11.1 Å². The van der Waals surface area contributed by atoms with Crippen LogP contribution in [-0.2, 0) is 5.41 Å². The van der Waals surface area contributed by atoms with Gasteiger partial charge in [-0.05, 0) is 171 Å². The molecule has 0 aromatic heterocycles. The summed E-state index contributed by atoms with van der Waals surface area (Å²) in [7, 11) is 0. The van der Waals surface area contributed by atoms with Crippen LogP contribution in [0.3, 0.4) is 0 Å². The Kier molecular flexibility index (Phi) is 9.12. The second-order valence-electron chi connectivity index (χ2n) is 19.3. The fraction of sp³-hybridized carbons (Fsp3) is 0.156. The van der Waals surface area contributed by atoms with Crippen molar-refractivity contribution in [3.8, 4) is 66.8 Å². The standard InChI is InChI=1S/C64H51N/c1-4-12-45(13-5-1)47-20-22-48(23-21-47)49-24-30-56(31-25-49)65(63-35-29-53(46-14-6-2-7-15-46)41-59(63)51-16-8-3-9-17-51)57-32-26-50(27-33-57)52-28-34-62-60(42-52)58-18-10-11-19-61(58)64(62)54-37-43-36-44(39-54)40-55(64)38-43/h1-35,41-44,54-55H,36-40H2. The molecule has 9 aromatic rings. The summed E-state index contributed by atoms with van der Waals surface area (Å²) in [5.74, 6) is 3.43. The third-order valence-electron chi connectivity index (χ3n) is 15.9. The van der Waals surface area contributed by atoms with Gasteiger partial charge in [0.25, 0.3) is 0 Å². The lowest BCUT2D eigenvalue weighted by Gasteiger charge is -2.61. The molecule has 14 rings (SSSR count). The lowest BCUT2D eigenvalue weighted by atomic mass is 9.43. The molecule has 65 heavy (non-hydrogen) atoms. The molecule has 4 bridgehead atoms. The van der Waals surface area contributed by atoms with Gasteiger partial charge in [-0.2, -0.15) is 0 Å². The Hall–Kier alpha value is -7.22. The maximum absolute atomic E-state index is 2.55. The molecule has 0 saturated heterocycles. The summed E-state index contributed by atoms with van der Waals surface area (Å²) < 4.78 is 0. The van der Waals surface area contributed by atoms with E-state index in [4.69, 9.17) is 0 Å². The highest BCUT2D eigenvalue weighted by molar-refractivity contribution is 5.92. The zero-order chi connectivity index (χ0) is 42.9. The number of hydrogen-bond acceptors (Lipinski definition) is 1. The molecule has 0 heterocycles. The second kappa shape index (κ2) is 15.5. The molecule has 0 amide bonds. The molecule has 312 valence electrons. The minimum Gasteiger partial charge on any atom is -0.310 e. The number of nitrogens with zero attached hydrogens (tertiary/aromatic N) is 1. The van der Waals surface area contributed by atoms with E-state index in [0.29, 0.717) is 0 Å². The van der Waals surface area contributed by atoms with Crippen LogP contribution in [0.5, 0.6) is 0 Å². The molecule has 4 saturated carbocycles. The lowest BCUT2D eigenvalue weighted by molar-refractivity contribution is -0.0399. The molecule has 0 N–H and O–H groups in total. The minimum atomic E-state index is 0.190. The van der Waals surface area contributed by atoms with Crippen LogP contribution in [0.1, 0.15) is 43.2 Å². The molecule has 0 atom stereocenters. The average molecular weight is 834 g/mol. The Bertz CT molecular complexity index is 3140. The first-order valence-electron chi connectivity index (χ1n) is 23.8. The van der Waals surface area contributed by atoms with Crippen molar-refractivity contribution in [2.45, 2.75) is 37.5 Å². The van der Waals surface area contributed by atoms with E-state index in [-0.39, 0.29) is 5.41 Å². The number of benzene rings is 9. The van der Waals surface area contributed by atoms with Crippen molar-refractivity contribution in [1.82, 2.24) is 0 Å². The van der Waals surface area contributed by atoms with Gasteiger partial charge in [0.05, 0.1) is 5.69 Å². The van der Waals surface area contributed by atoms with Gasteiger partial charge in [0, 0.05) is 22.4 Å². The molecule has 4 fully saturated rings. The topological polar surface area (TPSA) is 3.24 Å². The van der Waals surface area contributed by atoms with Crippen LogP contribution in [0.4, 0.5) is 17.1 Å². The highest BCUT2D eigenvalue weighted by atomic mass is 15.1. The molecule has 1 spiro atoms. The van der Waals surface area contributed by atoms with Crippen LogP contribution >= 0.6 is 0 Å². The first-order chi connectivity index (χ1) is 32.2. The predicted octanol–water partition coefficient (Wildman–Crippen LogP) is 17.2. The van der Waals surface area contributed by atoms with E-state index in [0.717, 1.165) is 40.7 Å². The van der Waals surface area contributed by atoms with E-state index in [2.05, 4.69) is 229 Å². The van der Waals surface area contributed by atoms with Crippen LogP contribution in [0.15, 0.2) is 224 Å². The Morgan fingerprint density at radius 1 is 0.292 bits per heavy atom. The van der Waals surface area contributed by atoms with Crippen LogP contribution < -0.4 is 4.90 Å². The first kappa shape index (κ1) is 38.3. The number of rotatable bonds is 8. The zero-order valence-electron chi connectivity index (χ0n) is 36.7. The molecule has 1 nitrogen and oxygen atoms in total. The van der Waals surface area contributed by atoms with E-state index in [1.165, 1.54) is 98.9 Å². The molecule has 9 aromatic carbocycles. The van der Waals surface area contributed by atoms with Gasteiger partial charge in [0.1, 0.15) is 0 Å². The Morgan fingerprint density at radius 3 is 1.23 bits per heavy atom. The third kappa shape index (κ3) is 6.35. The van der Waals surface area contributed by atoms with Gasteiger partial charge >= 0.3 is 0 Å². The minimum absolute atomic E-state index is 0.190. The molecule has 5 aliphatic rings. The molecule has 0 radical (unpaired) electrons. The van der Waals surface area contributed by atoms with Crippen molar-refractivity contribution in [3.05, 3.63) is 236 Å². The Morgan fingerprint density at radius 2 is 0.677 bits per heavy atom. The van der Waals surface area contributed by atoms with Crippen LogP contribution in [0.25, 0.3) is 66.8 Å². The molecular formula is C64H51N. The average Bonchev–Trinajstić information content (AvgIpc) is 3.67. The zero-order valence-corrected chi connectivity index (χ0v) is 36.7. The van der Waals surface area contributed by atoms with Gasteiger partial charge < -0.3 is 4.90 Å². The maximum atomic E-state index is 2.55. The van der Waals surface area contributed by atoms with Gasteiger partial charge in [0.2, 0.25) is 0 Å². The molecule has 0 unspecified atom stereocenters. The van der Waals surface area contributed by atoms with Crippen LogP contribution in [0, 0.1) is 23.7 Å². The van der Waals surface area contributed by atoms with Gasteiger partial charge in [0.15, 0.2) is 0 Å². The molecule has 1 heteroatoms. The largest absolute Gasteiger partial charge is 0.310 e. The Balaban J connectivity index is 0.898. The number of anilines is 3. The van der Waals surface area contributed by atoms with E-state index >= 15 is 0 Å². The number of hydrogen-bond donors (Lipinski definition) is 0. The quantitative estimate of drug-likeness (QED) is 0.147. The van der Waals surface area contributed by atoms with Crippen molar-refractivity contribution < 1.29 is 0 Å². The van der Waals surface area contributed by atoms with E-state index < -0.39 is 0 Å². The summed E-state index contributed by atoms with van der Waals surface area (Å²) in [4.78, 5) is 2.44. The van der Waals surface area contributed by atoms with E-state index in [9.17, 15) is 0 Å². The van der Waals surface area contributed by atoms with E-state index in [1.807, 2.05) is 0 Å². The summed E-state index contributed by atoms with van der Waals surface area (Å²) >= 11 is 0. The fourth-order valence-electron chi connectivity index (χ4n) is 13.2. The Labute approximate surface area is 383 Å². The maximum Gasteiger partial charge on any atom is 0.0540 e. The van der Waals surface area contributed by atoms with Crippen molar-refractivity contribution in [3.63, 3.8) is 0 Å². The lowest BCUT2D eigenvalue weighted by Crippen LogP contribution is -2.55. The number of fused-ring (bicyclic) bond motifs is 3. The van der Waals surface area contributed by atoms with Crippen molar-refractivity contribution in [1.29, 1.82) is 0 Å². The highest BCUT2D eigenvalue weighted by Crippen LogP contribution is 2.69. The van der Waals surface area contributed by atoms with Gasteiger partial charge in [-0.25, -0.2) is 0 Å². The van der Waals surface area contributed by atoms with Crippen molar-refractivity contribution >= 4 is 17.1 Å². The molecule has 5 aliphatic carbocycles. The fourth-order valence-corrected chi connectivity index (χ4v) is 13.2. The normalized spacial score (nSPS) is 21.0. The summed E-state index contributed by atoms with van der Waals surface area (Å²) in [5.41, 5.74) is 21.9. The van der Waals surface area contributed by atoms with Crippen molar-refractivity contribution in [2.24, 2.45) is 23.7 Å². The van der Waals surface area contributed by atoms with Gasteiger partial charge in [-0.15, -0.1) is 0 Å². The van der Waals surface area contributed by atoms with Crippen LogP contribution in [-0.4, -0.2) is 0 Å². The first-order valence-corrected chi connectivity index (χ1v) is 23.8. The molecular weight excluding hydrogens is 783 g/mol. The van der Waals surface area contributed by atoms with Gasteiger partial charge in [-0.1, -0.05) is 182 Å². The summed E-state index contributed by atoms with van der Waals surface area (Å²) in [5, 5.41) is 0. The highest BCUT2D eigenvalue weighted by Gasteiger charge is 2.61. The third-order valence-corrected chi connectivity index (χ3v) is 15.9. The van der Waals surface area contributed by atoms with Crippen LogP contribution in [0.2, 0.25) is 0 Å². The van der Waals surface area contributed by atoms with Crippen molar-refractivity contribution in [2.75, 3.05) is 4.90 Å². The predicted molar refractivity (Wildman–Crippen MR) is 272 cm³/mol. The monoisotopic (exact) mass is 833 g/mol. The summed E-state index contributed by atoms with van der Waals surface area (Å²) in [6, 6.07) is 83.5. The summed E-state index contributed by atoms with van der Waals surface area (Å²) in [6.07, 6.45) is 7.11. The SMILES string of the molecule is c1ccc(-c2ccc(-c3ccc(N(c4ccc(-c5ccc6c(c5)-c5ccccc5C65C6CC7CC(C6)CC5C7)cc4)c4ccc(-c5ccccc5)cc4-c4ccccc4)cc3)cc2)cc1. The van der Waals surface area contributed by atoms with Gasteiger partial charge in [-0.3, -0.25) is 0 Å². The molecule has 0 aliphatic heterocycles. The second-order valence-corrected chi connectivity index (χ2v) is 19.3. The summed E-state index contributed by atoms with van der Waals surface area (Å²) in [6.45, 7) is 0.